The minimum atomic E-state index is -0.137. The zero-order chi connectivity index (χ0) is 23.4. The molecule has 1 amide bonds. The number of ether oxygens (including phenoxy) is 2. The van der Waals surface area contributed by atoms with Crippen molar-refractivity contribution in [1.82, 2.24) is 4.98 Å². The number of aromatic nitrogens is 1. The first kappa shape index (κ1) is 22.6. The molecule has 0 aliphatic carbocycles. The van der Waals surface area contributed by atoms with Crippen LogP contribution in [0.15, 0.2) is 66.7 Å². The zero-order valence-corrected chi connectivity index (χ0v) is 20.0. The Morgan fingerprint density at radius 2 is 1.76 bits per heavy atom. The monoisotopic (exact) mass is 458 g/mol. The molecule has 168 valence electrons. The van der Waals surface area contributed by atoms with E-state index < -0.39 is 0 Å². The zero-order valence-electron chi connectivity index (χ0n) is 19.2. The number of rotatable bonds is 7. The third kappa shape index (κ3) is 4.91. The molecule has 0 aliphatic heterocycles. The minimum Gasteiger partial charge on any atom is -0.493 e. The van der Waals surface area contributed by atoms with Gasteiger partial charge in [0.2, 0.25) is 0 Å². The standard InChI is InChI=1S/C27H26N2O3S/c1-18-10-14-24-26(19(18)2)28-27(33-24)29(17-21-8-6-5-7-9-21)25(30)15-12-20-11-13-22(31-3)23(16-20)32-4/h5-16H,17H2,1-4H3/b15-12+. The van der Waals surface area contributed by atoms with Crippen molar-refractivity contribution in [3.63, 3.8) is 0 Å². The first-order valence-corrected chi connectivity index (χ1v) is 11.4. The van der Waals surface area contributed by atoms with Crippen LogP contribution in [-0.4, -0.2) is 25.1 Å². The lowest BCUT2D eigenvalue weighted by Crippen LogP contribution is -2.28. The van der Waals surface area contributed by atoms with E-state index in [1.165, 1.54) is 16.9 Å². The van der Waals surface area contributed by atoms with Gasteiger partial charge in [-0.2, -0.15) is 0 Å². The van der Waals surface area contributed by atoms with Crippen LogP contribution >= 0.6 is 11.3 Å². The lowest BCUT2D eigenvalue weighted by atomic mass is 10.1. The van der Waals surface area contributed by atoms with Gasteiger partial charge >= 0.3 is 0 Å². The van der Waals surface area contributed by atoms with Crippen LogP contribution in [-0.2, 0) is 11.3 Å². The SMILES string of the molecule is COc1ccc(/C=C/C(=O)N(Cc2ccccc2)c2nc3c(C)c(C)ccc3s2)cc1OC. The number of anilines is 1. The highest BCUT2D eigenvalue weighted by atomic mass is 32.1. The summed E-state index contributed by atoms with van der Waals surface area (Å²) >= 11 is 1.53. The highest BCUT2D eigenvalue weighted by molar-refractivity contribution is 7.22. The number of aryl methyl sites for hydroxylation is 2. The highest BCUT2D eigenvalue weighted by Gasteiger charge is 2.19. The Balaban J connectivity index is 1.68. The van der Waals surface area contributed by atoms with Gasteiger partial charge in [0, 0.05) is 6.08 Å². The number of benzene rings is 3. The molecule has 6 heteroatoms. The van der Waals surface area contributed by atoms with Crippen molar-refractivity contribution in [2.75, 3.05) is 19.1 Å². The molecule has 0 unspecified atom stereocenters. The molecule has 1 heterocycles. The summed E-state index contributed by atoms with van der Waals surface area (Å²) in [6, 6.07) is 19.7. The Bertz CT molecular complexity index is 1310. The largest absolute Gasteiger partial charge is 0.493 e. The van der Waals surface area contributed by atoms with Gasteiger partial charge in [-0.3, -0.25) is 9.69 Å². The van der Waals surface area contributed by atoms with Gasteiger partial charge in [0.15, 0.2) is 16.6 Å². The number of carbonyl (C=O) groups excluding carboxylic acids is 1. The van der Waals surface area contributed by atoms with Crippen molar-refractivity contribution in [3.05, 3.63) is 89.0 Å². The molecule has 0 radical (unpaired) electrons. The molecule has 0 bridgehead atoms. The Morgan fingerprint density at radius 3 is 2.48 bits per heavy atom. The van der Waals surface area contributed by atoms with Crippen LogP contribution in [0.5, 0.6) is 11.5 Å². The van der Waals surface area contributed by atoms with Gasteiger partial charge in [-0.15, -0.1) is 0 Å². The molecule has 0 saturated carbocycles. The second-order valence-electron chi connectivity index (χ2n) is 7.71. The van der Waals surface area contributed by atoms with Crippen LogP contribution in [0.1, 0.15) is 22.3 Å². The van der Waals surface area contributed by atoms with Crippen molar-refractivity contribution in [2.24, 2.45) is 0 Å². The molecule has 4 aromatic rings. The molecule has 0 fully saturated rings. The van der Waals surface area contributed by atoms with E-state index in [0.29, 0.717) is 23.2 Å². The summed E-state index contributed by atoms with van der Waals surface area (Å²) in [6.45, 7) is 4.59. The van der Waals surface area contributed by atoms with E-state index in [2.05, 4.69) is 26.0 Å². The number of carbonyl (C=O) groups is 1. The minimum absolute atomic E-state index is 0.137. The Morgan fingerprint density at radius 1 is 1.00 bits per heavy atom. The Labute approximate surface area is 197 Å². The second-order valence-corrected chi connectivity index (χ2v) is 8.72. The van der Waals surface area contributed by atoms with Gasteiger partial charge in [0.25, 0.3) is 5.91 Å². The van der Waals surface area contributed by atoms with Crippen LogP contribution < -0.4 is 14.4 Å². The van der Waals surface area contributed by atoms with E-state index in [4.69, 9.17) is 14.5 Å². The fourth-order valence-electron chi connectivity index (χ4n) is 3.55. The Kier molecular flexibility index (Phi) is 6.75. The second kappa shape index (κ2) is 9.88. The average molecular weight is 459 g/mol. The van der Waals surface area contributed by atoms with Crippen molar-refractivity contribution in [3.8, 4) is 11.5 Å². The molecule has 1 aromatic heterocycles. The third-order valence-electron chi connectivity index (χ3n) is 5.58. The number of amides is 1. The van der Waals surface area contributed by atoms with E-state index >= 15 is 0 Å². The maximum Gasteiger partial charge on any atom is 0.253 e. The lowest BCUT2D eigenvalue weighted by Gasteiger charge is -2.18. The summed E-state index contributed by atoms with van der Waals surface area (Å²) < 4.78 is 11.7. The molecular formula is C27H26N2O3S. The predicted octanol–water partition coefficient (Wildman–Crippen LogP) is 6.18. The van der Waals surface area contributed by atoms with E-state index in [0.717, 1.165) is 26.9 Å². The predicted molar refractivity (Wildman–Crippen MR) is 135 cm³/mol. The third-order valence-corrected chi connectivity index (χ3v) is 6.62. The highest BCUT2D eigenvalue weighted by Crippen LogP contribution is 2.33. The van der Waals surface area contributed by atoms with Gasteiger partial charge in [-0.25, -0.2) is 4.98 Å². The maximum absolute atomic E-state index is 13.4. The van der Waals surface area contributed by atoms with Crippen molar-refractivity contribution in [2.45, 2.75) is 20.4 Å². The van der Waals surface area contributed by atoms with Crippen LogP contribution in [0.25, 0.3) is 16.3 Å². The van der Waals surface area contributed by atoms with Crippen LogP contribution in [0.2, 0.25) is 0 Å². The number of methoxy groups -OCH3 is 2. The van der Waals surface area contributed by atoms with E-state index in [-0.39, 0.29) is 5.91 Å². The van der Waals surface area contributed by atoms with Crippen molar-refractivity contribution >= 4 is 38.7 Å². The number of nitrogens with zero attached hydrogens (tertiary/aromatic N) is 2. The smallest absolute Gasteiger partial charge is 0.253 e. The van der Waals surface area contributed by atoms with Crippen LogP contribution in [0.4, 0.5) is 5.13 Å². The van der Waals surface area contributed by atoms with Gasteiger partial charge < -0.3 is 9.47 Å². The molecule has 0 saturated heterocycles. The number of hydrogen-bond donors (Lipinski definition) is 0. The Hall–Kier alpha value is -3.64. The van der Waals surface area contributed by atoms with E-state index in [1.807, 2.05) is 48.5 Å². The molecule has 4 rings (SSSR count). The van der Waals surface area contributed by atoms with Gasteiger partial charge in [0.05, 0.1) is 31.0 Å². The molecule has 0 spiro atoms. The summed E-state index contributed by atoms with van der Waals surface area (Å²) in [7, 11) is 3.19. The summed E-state index contributed by atoms with van der Waals surface area (Å²) in [5.41, 5.74) is 5.16. The molecule has 0 atom stereocenters. The summed E-state index contributed by atoms with van der Waals surface area (Å²) in [5.74, 6) is 1.12. The molecule has 5 nitrogen and oxygen atoms in total. The van der Waals surface area contributed by atoms with E-state index in [9.17, 15) is 4.79 Å². The fraction of sp³-hybridized carbons (Fsp3) is 0.185. The van der Waals surface area contributed by atoms with Crippen molar-refractivity contribution in [1.29, 1.82) is 0 Å². The average Bonchev–Trinajstić information content (AvgIpc) is 3.28. The molecule has 33 heavy (non-hydrogen) atoms. The number of fused-ring (bicyclic) bond motifs is 1. The van der Waals surface area contributed by atoms with E-state index in [1.54, 1.807) is 31.3 Å². The van der Waals surface area contributed by atoms with Gasteiger partial charge in [-0.05, 0) is 60.4 Å². The maximum atomic E-state index is 13.4. The van der Waals surface area contributed by atoms with Gasteiger partial charge in [0.1, 0.15) is 0 Å². The molecule has 3 aromatic carbocycles. The first-order chi connectivity index (χ1) is 16.0. The molecule has 0 aliphatic rings. The lowest BCUT2D eigenvalue weighted by molar-refractivity contribution is -0.114. The summed E-state index contributed by atoms with van der Waals surface area (Å²) in [4.78, 5) is 20.0. The van der Waals surface area contributed by atoms with Crippen LogP contribution in [0.3, 0.4) is 0 Å². The van der Waals surface area contributed by atoms with Crippen molar-refractivity contribution < 1.29 is 14.3 Å². The molecular weight excluding hydrogens is 432 g/mol. The fourth-order valence-corrected chi connectivity index (χ4v) is 4.58. The topological polar surface area (TPSA) is 51.7 Å². The summed E-state index contributed by atoms with van der Waals surface area (Å²) in [6.07, 6.45) is 3.36. The first-order valence-electron chi connectivity index (χ1n) is 10.6. The number of hydrogen-bond acceptors (Lipinski definition) is 5. The normalized spacial score (nSPS) is 11.2. The quantitative estimate of drug-likeness (QED) is 0.311. The van der Waals surface area contributed by atoms with Crippen LogP contribution in [0, 0.1) is 13.8 Å². The summed E-state index contributed by atoms with van der Waals surface area (Å²) in [5, 5.41) is 0.685. The molecule has 0 N–H and O–H groups in total. The number of thiazole rings is 1. The van der Waals surface area contributed by atoms with Gasteiger partial charge in [-0.1, -0.05) is 53.8 Å².